The van der Waals surface area contributed by atoms with Gasteiger partial charge in [0, 0.05) is 18.5 Å². The molecule has 0 radical (unpaired) electrons. The van der Waals surface area contributed by atoms with E-state index < -0.39 is 5.82 Å². The Balaban J connectivity index is 1.23. The summed E-state index contributed by atoms with van der Waals surface area (Å²) in [6, 6.07) is 23.2. The van der Waals surface area contributed by atoms with Gasteiger partial charge >= 0.3 is 0 Å². The molecule has 5 rings (SSSR count). The highest BCUT2D eigenvalue weighted by atomic mass is 35.5. The Bertz CT molecular complexity index is 1290. The molecule has 1 N–H and O–H groups in total. The molecule has 1 fully saturated rings. The quantitative estimate of drug-likeness (QED) is 0.333. The zero-order valence-electron chi connectivity index (χ0n) is 18.7. The second-order valence-corrected chi connectivity index (χ2v) is 9.03. The molecule has 1 atom stereocenters. The number of halogens is 2. The average Bonchev–Trinajstić information content (AvgIpc) is 3.55. The summed E-state index contributed by atoms with van der Waals surface area (Å²) >= 11 is 5.93. The van der Waals surface area contributed by atoms with Gasteiger partial charge in [0.1, 0.15) is 11.6 Å². The van der Waals surface area contributed by atoms with Crippen molar-refractivity contribution in [1.29, 1.82) is 0 Å². The maximum Gasteiger partial charge on any atom is 0.223 e. The van der Waals surface area contributed by atoms with Crippen LogP contribution in [0.3, 0.4) is 0 Å². The molecule has 1 saturated heterocycles. The highest BCUT2D eigenvalue weighted by molar-refractivity contribution is 6.31. The molecule has 3 aromatic carbocycles. The first kappa shape index (κ1) is 22.4. The topological polar surface area (TPSA) is 49.0 Å². The zero-order valence-corrected chi connectivity index (χ0v) is 19.4. The lowest BCUT2D eigenvalue weighted by molar-refractivity contribution is -0.132. The van der Waals surface area contributed by atoms with Crippen molar-refractivity contribution in [1.82, 2.24) is 14.9 Å². The molecule has 1 aliphatic heterocycles. The number of aromatic amines is 1. The summed E-state index contributed by atoms with van der Waals surface area (Å²) in [5.74, 6) is 0.443. The first-order valence-corrected chi connectivity index (χ1v) is 11.9. The molecule has 1 aromatic heterocycles. The van der Waals surface area contributed by atoms with Crippen molar-refractivity contribution in [3.63, 3.8) is 0 Å². The average molecular weight is 474 g/mol. The van der Waals surface area contributed by atoms with Crippen molar-refractivity contribution in [3.8, 4) is 22.4 Å². The molecule has 1 amide bonds. The number of rotatable bonds is 6. The van der Waals surface area contributed by atoms with Crippen molar-refractivity contribution in [2.24, 2.45) is 0 Å². The number of carbonyl (C=O) groups is 1. The SMILES string of the molecule is O=C(CCc1ccc(-c2ccccc2)cc1)N1CCC[C@H]1c1ncc(-c2ccc(F)c(Cl)c2)[nH]1. The van der Waals surface area contributed by atoms with Gasteiger partial charge in [0.15, 0.2) is 0 Å². The van der Waals surface area contributed by atoms with E-state index in [2.05, 4.69) is 46.4 Å². The third-order valence-electron chi connectivity index (χ3n) is 6.40. The van der Waals surface area contributed by atoms with Crippen LogP contribution in [0.5, 0.6) is 0 Å². The number of amides is 1. The molecule has 1 aliphatic rings. The van der Waals surface area contributed by atoms with E-state index in [0.717, 1.165) is 42.0 Å². The minimum Gasteiger partial charge on any atom is -0.340 e. The van der Waals surface area contributed by atoms with E-state index in [9.17, 15) is 9.18 Å². The largest absolute Gasteiger partial charge is 0.340 e. The summed E-state index contributed by atoms with van der Waals surface area (Å²) in [5.41, 5.74) is 5.03. The van der Waals surface area contributed by atoms with Gasteiger partial charge in [-0.25, -0.2) is 9.37 Å². The molecule has 0 saturated carbocycles. The second-order valence-electron chi connectivity index (χ2n) is 8.62. The smallest absolute Gasteiger partial charge is 0.223 e. The molecule has 6 heteroatoms. The monoisotopic (exact) mass is 473 g/mol. The Kier molecular flexibility index (Phi) is 6.45. The Morgan fingerprint density at radius 2 is 1.76 bits per heavy atom. The van der Waals surface area contributed by atoms with E-state index in [0.29, 0.717) is 12.8 Å². The predicted octanol–water partition coefficient (Wildman–Crippen LogP) is 6.83. The fourth-order valence-electron chi connectivity index (χ4n) is 4.56. The molecule has 0 aliphatic carbocycles. The molecule has 2 heterocycles. The van der Waals surface area contributed by atoms with Gasteiger partial charge in [-0.05, 0) is 54.2 Å². The lowest BCUT2D eigenvalue weighted by atomic mass is 10.0. The zero-order chi connectivity index (χ0) is 23.5. The number of likely N-dealkylation sites (tertiary alicyclic amines) is 1. The molecule has 4 aromatic rings. The van der Waals surface area contributed by atoms with Crippen molar-refractivity contribution >= 4 is 17.5 Å². The number of aryl methyl sites for hydroxylation is 1. The number of benzene rings is 3. The van der Waals surface area contributed by atoms with Crippen LogP contribution in [-0.2, 0) is 11.2 Å². The number of nitrogens with zero attached hydrogens (tertiary/aromatic N) is 2. The second kappa shape index (κ2) is 9.82. The summed E-state index contributed by atoms with van der Waals surface area (Å²) in [7, 11) is 0. The van der Waals surface area contributed by atoms with Crippen molar-refractivity contribution in [2.45, 2.75) is 31.7 Å². The minimum absolute atomic E-state index is 0.0716. The van der Waals surface area contributed by atoms with Gasteiger partial charge in [-0.2, -0.15) is 0 Å². The number of imidazole rings is 1. The van der Waals surface area contributed by atoms with Crippen LogP contribution in [0.15, 0.2) is 79.0 Å². The van der Waals surface area contributed by atoms with Crippen molar-refractivity contribution in [3.05, 3.63) is 101 Å². The molecule has 0 spiro atoms. The van der Waals surface area contributed by atoms with Crippen LogP contribution in [0.25, 0.3) is 22.4 Å². The first-order valence-electron chi connectivity index (χ1n) is 11.5. The van der Waals surface area contributed by atoms with E-state index in [1.807, 2.05) is 23.1 Å². The van der Waals surface area contributed by atoms with Crippen LogP contribution in [0.4, 0.5) is 4.39 Å². The molecule has 34 heavy (non-hydrogen) atoms. The van der Waals surface area contributed by atoms with Crippen LogP contribution in [0.1, 0.15) is 36.7 Å². The Morgan fingerprint density at radius 3 is 2.53 bits per heavy atom. The molecule has 172 valence electrons. The lowest BCUT2D eigenvalue weighted by Crippen LogP contribution is -2.31. The van der Waals surface area contributed by atoms with Gasteiger partial charge < -0.3 is 9.88 Å². The third kappa shape index (κ3) is 4.75. The Hall–Kier alpha value is -3.44. The Morgan fingerprint density at radius 1 is 1.03 bits per heavy atom. The summed E-state index contributed by atoms with van der Waals surface area (Å²) in [6.07, 6.45) is 4.69. The number of hydrogen-bond donors (Lipinski definition) is 1. The number of carbonyl (C=O) groups excluding carboxylic acids is 1. The van der Waals surface area contributed by atoms with Crippen LogP contribution in [0, 0.1) is 5.82 Å². The fraction of sp³-hybridized carbons (Fsp3) is 0.214. The molecular formula is C28H25ClFN3O. The molecule has 0 bridgehead atoms. The number of nitrogens with one attached hydrogen (secondary N) is 1. The molecular weight excluding hydrogens is 449 g/mol. The van der Waals surface area contributed by atoms with Crippen LogP contribution < -0.4 is 0 Å². The van der Waals surface area contributed by atoms with Gasteiger partial charge in [-0.3, -0.25) is 4.79 Å². The third-order valence-corrected chi connectivity index (χ3v) is 6.69. The Labute approximate surface area is 203 Å². The maximum absolute atomic E-state index is 13.5. The van der Waals surface area contributed by atoms with Crippen molar-refractivity contribution < 1.29 is 9.18 Å². The van der Waals surface area contributed by atoms with E-state index in [4.69, 9.17) is 11.6 Å². The van der Waals surface area contributed by atoms with Gasteiger partial charge in [0.25, 0.3) is 0 Å². The lowest BCUT2D eigenvalue weighted by Gasteiger charge is -2.23. The minimum atomic E-state index is -0.451. The molecule has 4 nitrogen and oxygen atoms in total. The number of aromatic nitrogens is 2. The molecule has 0 unspecified atom stereocenters. The van der Waals surface area contributed by atoms with E-state index in [-0.39, 0.29) is 17.0 Å². The van der Waals surface area contributed by atoms with Crippen LogP contribution in [0.2, 0.25) is 5.02 Å². The van der Waals surface area contributed by atoms with E-state index in [1.54, 1.807) is 18.3 Å². The summed E-state index contributed by atoms with van der Waals surface area (Å²) < 4.78 is 13.5. The standard InChI is InChI=1S/C28H25ClFN3O/c29-23-17-22(13-14-24(23)30)25-18-31-28(32-25)26-7-4-16-33(26)27(34)15-10-19-8-11-21(12-9-19)20-5-2-1-3-6-20/h1-3,5-6,8-9,11-14,17-18,26H,4,7,10,15-16H2,(H,31,32)/t26-/m0/s1. The van der Waals surface area contributed by atoms with Gasteiger partial charge in [-0.1, -0.05) is 66.2 Å². The van der Waals surface area contributed by atoms with Gasteiger partial charge in [0.05, 0.1) is 23.0 Å². The van der Waals surface area contributed by atoms with Crippen LogP contribution >= 0.6 is 11.6 Å². The maximum atomic E-state index is 13.5. The van der Waals surface area contributed by atoms with E-state index >= 15 is 0 Å². The normalized spacial score (nSPS) is 15.6. The highest BCUT2D eigenvalue weighted by Gasteiger charge is 2.31. The summed E-state index contributed by atoms with van der Waals surface area (Å²) in [5, 5.41) is 0.0723. The van der Waals surface area contributed by atoms with E-state index in [1.165, 1.54) is 17.2 Å². The van der Waals surface area contributed by atoms with Crippen LogP contribution in [-0.4, -0.2) is 27.3 Å². The number of H-pyrrole nitrogens is 1. The number of hydrogen-bond acceptors (Lipinski definition) is 2. The predicted molar refractivity (Wildman–Crippen MR) is 133 cm³/mol. The highest BCUT2D eigenvalue weighted by Crippen LogP contribution is 2.33. The van der Waals surface area contributed by atoms with Gasteiger partial charge in [-0.15, -0.1) is 0 Å². The summed E-state index contributed by atoms with van der Waals surface area (Å²) in [6.45, 7) is 0.731. The van der Waals surface area contributed by atoms with Gasteiger partial charge in [0.2, 0.25) is 5.91 Å². The van der Waals surface area contributed by atoms with Crippen molar-refractivity contribution in [2.75, 3.05) is 6.54 Å². The first-order chi connectivity index (χ1) is 16.6. The fourth-order valence-corrected chi connectivity index (χ4v) is 4.74. The summed E-state index contributed by atoms with van der Waals surface area (Å²) in [4.78, 5) is 22.8.